The Balaban J connectivity index is 2.73. The smallest absolute Gasteiger partial charge is 0.0595 e. The number of rotatable bonds is 7. The third-order valence-electron chi connectivity index (χ3n) is 3.15. The van der Waals surface area contributed by atoms with Crippen molar-refractivity contribution in [3.8, 4) is 0 Å². The molecule has 0 aliphatic rings. The van der Waals surface area contributed by atoms with Gasteiger partial charge in [-0.3, -0.25) is 4.98 Å². The van der Waals surface area contributed by atoms with Gasteiger partial charge in [-0.25, -0.2) is 0 Å². The van der Waals surface area contributed by atoms with Crippen molar-refractivity contribution in [3.63, 3.8) is 0 Å². The van der Waals surface area contributed by atoms with Gasteiger partial charge in [0.1, 0.15) is 0 Å². The first-order valence-electron chi connectivity index (χ1n) is 6.53. The van der Waals surface area contributed by atoms with Crippen molar-refractivity contribution < 1.29 is 0 Å². The second kappa shape index (κ2) is 7.28. The molecule has 0 radical (unpaired) electrons. The molecule has 3 heteroatoms. The molecule has 0 spiro atoms. The van der Waals surface area contributed by atoms with Gasteiger partial charge in [-0.1, -0.05) is 27.2 Å². The molecule has 1 aromatic heterocycles. The Kier molecular flexibility index (Phi) is 5.98. The molecule has 1 atom stereocenters. The van der Waals surface area contributed by atoms with E-state index in [2.05, 4.69) is 49.1 Å². The first kappa shape index (κ1) is 14.0. The quantitative estimate of drug-likeness (QED) is 0.787. The summed E-state index contributed by atoms with van der Waals surface area (Å²) in [5.74, 6) is 0.715. The highest BCUT2D eigenvalue weighted by Gasteiger charge is 2.09. The van der Waals surface area contributed by atoms with E-state index in [1.54, 1.807) is 0 Å². The van der Waals surface area contributed by atoms with Crippen molar-refractivity contribution in [2.75, 3.05) is 25.0 Å². The fraction of sp³-hybridized carbons (Fsp3) is 0.643. The molecule has 17 heavy (non-hydrogen) atoms. The predicted octanol–water partition coefficient (Wildman–Crippen LogP) is 2.67. The van der Waals surface area contributed by atoms with Crippen LogP contribution in [0.25, 0.3) is 0 Å². The van der Waals surface area contributed by atoms with E-state index < -0.39 is 0 Å². The summed E-state index contributed by atoms with van der Waals surface area (Å²) in [5, 5.41) is 3.37. The Bertz CT molecular complexity index is 325. The Morgan fingerprint density at radius 1 is 1.41 bits per heavy atom. The lowest BCUT2D eigenvalue weighted by atomic mass is 10.1. The van der Waals surface area contributed by atoms with Crippen LogP contribution in [0.3, 0.4) is 0 Å². The van der Waals surface area contributed by atoms with E-state index in [1.807, 2.05) is 12.4 Å². The minimum Gasteiger partial charge on any atom is -0.373 e. The lowest BCUT2D eigenvalue weighted by Gasteiger charge is -2.25. The molecule has 1 rings (SSSR count). The summed E-state index contributed by atoms with van der Waals surface area (Å²) in [4.78, 5) is 6.55. The molecule has 1 N–H and O–H groups in total. The lowest BCUT2D eigenvalue weighted by Crippen LogP contribution is -2.26. The van der Waals surface area contributed by atoms with Crippen molar-refractivity contribution in [2.24, 2.45) is 5.92 Å². The van der Waals surface area contributed by atoms with Gasteiger partial charge in [0.2, 0.25) is 0 Å². The number of nitrogens with zero attached hydrogens (tertiary/aromatic N) is 2. The first-order chi connectivity index (χ1) is 8.19. The SMILES string of the molecule is CCNCc1ccncc1N(C)CC(C)CC. The zero-order valence-electron chi connectivity index (χ0n) is 11.5. The van der Waals surface area contributed by atoms with Gasteiger partial charge in [0.05, 0.1) is 11.9 Å². The van der Waals surface area contributed by atoms with Crippen molar-refractivity contribution in [2.45, 2.75) is 33.7 Å². The third-order valence-corrected chi connectivity index (χ3v) is 3.15. The molecule has 1 aromatic rings. The maximum Gasteiger partial charge on any atom is 0.0595 e. The van der Waals surface area contributed by atoms with Crippen LogP contribution in [0.4, 0.5) is 5.69 Å². The first-order valence-corrected chi connectivity index (χ1v) is 6.53. The Morgan fingerprint density at radius 2 is 2.18 bits per heavy atom. The second-order valence-corrected chi connectivity index (χ2v) is 4.68. The van der Waals surface area contributed by atoms with Crippen LogP contribution in [-0.2, 0) is 6.54 Å². The topological polar surface area (TPSA) is 28.2 Å². The van der Waals surface area contributed by atoms with Crippen LogP contribution in [0.15, 0.2) is 18.5 Å². The van der Waals surface area contributed by atoms with Crippen LogP contribution in [0, 0.1) is 5.92 Å². The van der Waals surface area contributed by atoms with E-state index in [0.717, 1.165) is 19.6 Å². The minimum absolute atomic E-state index is 0.715. The highest BCUT2D eigenvalue weighted by Crippen LogP contribution is 2.19. The van der Waals surface area contributed by atoms with Gasteiger partial charge >= 0.3 is 0 Å². The number of hydrogen-bond donors (Lipinski definition) is 1. The Labute approximate surface area is 105 Å². The van der Waals surface area contributed by atoms with Gasteiger partial charge in [0, 0.05) is 26.3 Å². The number of hydrogen-bond acceptors (Lipinski definition) is 3. The largest absolute Gasteiger partial charge is 0.373 e. The van der Waals surface area contributed by atoms with Crippen molar-refractivity contribution in [1.29, 1.82) is 0 Å². The maximum atomic E-state index is 4.24. The molecule has 96 valence electrons. The van der Waals surface area contributed by atoms with Crippen LogP contribution in [-0.4, -0.2) is 25.1 Å². The standard InChI is InChI=1S/C14H25N3/c1-5-12(3)11-17(4)14-10-16-8-7-13(14)9-15-6-2/h7-8,10,12,15H,5-6,9,11H2,1-4H3. The van der Waals surface area contributed by atoms with Crippen molar-refractivity contribution in [3.05, 3.63) is 24.0 Å². The molecule has 0 saturated carbocycles. The summed E-state index contributed by atoms with van der Waals surface area (Å²) < 4.78 is 0. The predicted molar refractivity (Wildman–Crippen MR) is 74.3 cm³/mol. The normalized spacial score (nSPS) is 12.5. The fourth-order valence-electron chi connectivity index (χ4n) is 1.86. The summed E-state index contributed by atoms with van der Waals surface area (Å²) >= 11 is 0. The van der Waals surface area contributed by atoms with Crippen LogP contribution >= 0.6 is 0 Å². The van der Waals surface area contributed by atoms with E-state index in [9.17, 15) is 0 Å². The molecule has 1 heterocycles. The van der Waals surface area contributed by atoms with Crippen LogP contribution in [0.5, 0.6) is 0 Å². The molecule has 0 saturated heterocycles. The summed E-state index contributed by atoms with van der Waals surface area (Å²) in [5.41, 5.74) is 2.57. The van der Waals surface area contributed by atoms with Crippen molar-refractivity contribution in [1.82, 2.24) is 10.3 Å². The molecule has 1 unspecified atom stereocenters. The molecule has 3 nitrogen and oxygen atoms in total. The van der Waals surface area contributed by atoms with Crippen molar-refractivity contribution >= 4 is 5.69 Å². The minimum atomic E-state index is 0.715. The maximum absolute atomic E-state index is 4.24. The van der Waals surface area contributed by atoms with E-state index in [0.29, 0.717) is 5.92 Å². The zero-order valence-corrected chi connectivity index (χ0v) is 11.5. The highest BCUT2D eigenvalue weighted by molar-refractivity contribution is 5.50. The zero-order chi connectivity index (χ0) is 12.7. The highest BCUT2D eigenvalue weighted by atomic mass is 15.1. The van der Waals surface area contributed by atoms with E-state index in [-0.39, 0.29) is 0 Å². The van der Waals surface area contributed by atoms with E-state index in [4.69, 9.17) is 0 Å². The van der Waals surface area contributed by atoms with Gasteiger partial charge < -0.3 is 10.2 Å². The molecule has 0 amide bonds. The van der Waals surface area contributed by atoms with Gasteiger partial charge in [-0.15, -0.1) is 0 Å². The Hall–Kier alpha value is -1.09. The van der Waals surface area contributed by atoms with Gasteiger partial charge in [-0.2, -0.15) is 0 Å². The third kappa shape index (κ3) is 4.35. The number of anilines is 1. The van der Waals surface area contributed by atoms with Crippen LogP contribution < -0.4 is 10.2 Å². The van der Waals surface area contributed by atoms with Crippen LogP contribution in [0.1, 0.15) is 32.8 Å². The number of pyridine rings is 1. The fourth-order valence-corrected chi connectivity index (χ4v) is 1.86. The van der Waals surface area contributed by atoms with Gasteiger partial charge in [0.25, 0.3) is 0 Å². The Morgan fingerprint density at radius 3 is 2.82 bits per heavy atom. The van der Waals surface area contributed by atoms with Crippen LogP contribution in [0.2, 0.25) is 0 Å². The second-order valence-electron chi connectivity index (χ2n) is 4.68. The molecule has 0 aliphatic carbocycles. The summed E-state index contributed by atoms with van der Waals surface area (Å²) in [6.45, 7) is 9.65. The van der Waals surface area contributed by atoms with Gasteiger partial charge in [-0.05, 0) is 24.1 Å². The van der Waals surface area contributed by atoms with E-state index in [1.165, 1.54) is 17.7 Å². The van der Waals surface area contributed by atoms with E-state index >= 15 is 0 Å². The molecule has 0 aliphatic heterocycles. The molecular formula is C14H25N3. The lowest BCUT2D eigenvalue weighted by molar-refractivity contribution is 0.558. The number of nitrogens with one attached hydrogen (secondary N) is 1. The number of aromatic nitrogens is 1. The summed E-state index contributed by atoms with van der Waals surface area (Å²) in [6.07, 6.45) is 5.05. The molecule has 0 aromatic carbocycles. The van der Waals surface area contributed by atoms with Gasteiger partial charge in [0.15, 0.2) is 0 Å². The summed E-state index contributed by atoms with van der Waals surface area (Å²) in [7, 11) is 2.15. The average molecular weight is 235 g/mol. The average Bonchev–Trinajstić information content (AvgIpc) is 2.36. The molecular weight excluding hydrogens is 210 g/mol. The molecule has 0 fully saturated rings. The molecule has 0 bridgehead atoms. The monoisotopic (exact) mass is 235 g/mol. The summed E-state index contributed by atoms with van der Waals surface area (Å²) in [6, 6.07) is 2.10.